The van der Waals surface area contributed by atoms with Gasteiger partial charge in [-0.05, 0) is 60.7 Å². The van der Waals surface area contributed by atoms with E-state index < -0.39 is 56.4 Å². The fourth-order valence-corrected chi connectivity index (χ4v) is 8.03. The molecule has 68 heavy (non-hydrogen) atoms. The third-order valence-corrected chi connectivity index (χ3v) is 11.3. The minimum atomic E-state index is -2.44. The molecule has 0 saturated heterocycles. The molecule has 8 rings (SSSR count). The Labute approximate surface area is 386 Å². The highest BCUT2D eigenvalue weighted by molar-refractivity contribution is 6.56. The number of rotatable bonds is 13. The Hall–Kier alpha value is -9.32. The standard InChI is InChI=1S/C50H36N6O12/c1-65-45(57)33-21-13-29(14-22-33)41-42(30-15-23-34(24-16-30)46(58)66-2)52-49(51-41,37-9-5-7-11-39(37)55(61)62)50(38-10-6-8-12-40(38)56(63)64)53-43(31-17-25-35(26-18-31)47(59)67-3)44(54-50)32-19-27-36(28-20-32)48(60)68-4/h5-28H,1-4H3. The first kappa shape index (κ1) is 45.3. The Bertz CT molecular complexity index is 2810. The van der Waals surface area contributed by atoms with Crippen LogP contribution in [-0.2, 0) is 30.3 Å². The van der Waals surface area contributed by atoms with Gasteiger partial charge in [0.15, 0.2) is 0 Å². The summed E-state index contributed by atoms with van der Waals surface area (Å²) >= 11 is 0. The second kappa shape index (κ2) is 18.3. The Morgan fingerprint density at radius 3 is 0.809 bits per heavy atom. The summed E-state index contributed by atoms with van der Waals surface area (Å²) in [7, 11) is 4.93. The third kappa shape index (κ3) is 7.84. The molecule has 0 saturated carbocycles. The molecule has 0 radical (unpaired) electrons. The zero-order valence-corrected chi connectivity index (χ0v) is 36.4. The summed E-state index contributed by atoms with van der Waals surface area (Å²) in [5.41, 5.74) is -3.75. The molecular formula is C50H36N6O12. The van der Waals surface area contributed by atoms with Crippen LogP contribution in [0.15, 0.2) is 166 Å². The maximum Gasteiger partial charge on any atom is 0.337 e. The fraction of sp³-hybridized carbons (Fsp3) is 0.120. The van der Waals surface area contributed by atoms with Crippen molar-refractivity contribution in [3.8, 4) is 0 Å². The number of methoxy groups -OCH3 is 4. The van der Waals surface area contributed by atoms with Gasteiger partial charge in [-0.3, -0.25) is 20.2 Å². The van der Waals surface area contributed by atoms with Crippen LogP contribution in [0.3, 0.4) is 0 Å². The van der Waals surface area contributed by atoms with E-state index in [2.05, 4.69) is 0 Å². The predicted octanol–water partition coefficient (Wildman–Crippen LogP) is 7.64. The average molecular weight is 913 g/mol. The molecule has 2 heterocycles. The van der Waals surface area contributed by atoms with Gasteiger partial charge in [-0.2, -0.15) is 0 Å². The van der Waals surface area contributed by atoms with E-state index in [0.717, 1.165) is 0 Å². The quantitative estimate of drug-likeness (QED) is 0.0470. The summed E-state index contributed by atoms with van der Waals surface area (Å²) in [5, 5.41) is 26.5. The molecule has 338 valence electrons. The number of nitro groups is 2. The zero-order chi connectivity index (χ0) is 48.3. The van der Waals surface area contributed by atoms with E-state index in [1.165, 1.54) is 126 Å². The minimum absolute atomic E-state index is 0.0913. The molecule has 0 N–H and O–H groups in total. The number of carbonyl (C=O) groups excluding carboxylic acids is 4. The highest BCUT2D eigenvalue weighted by Gasteiger charge is 2.64. The SMILES string of the molecule is COC(=O)c1ccc(C2=NC(c3ccccc3[N+](=O)[O-])(C3(c4ccccc4[N+](=O)[O-])N=C(c4ccc(C(=O)OC)cc4)C(c4ccc(C(=O)OC)cc4)=N3)N=C2c2ccc(C(=O)OC)cc2)cc1. The van der Waals surface area contributed by atoms with Gasteiger partial charge < -0.3 is 18.9 Å². The Morgan fingerprint density at radius 1 is 0.382 bits per heavy atom. The molecule has 6 aromatic rings. The van der Waals surface area contributed by atoms with Crippen LogP contribution in [0.25, 0.3) is 0 Å². The van der Waals surface area contributed by atoms with Crippen LogP contribution >= 0.6 is 0 Å². The van der Waals surface area contributed by atoms with Crippen molar-refractivity contribution in [2.24, 2.45) is 20.0 Å². The molecule has 0 fully saturated rings. The van der Waals surface area contributed by atoms with E-state index >= 15 is 0 Å². The van der Waals surface area contributed by atoms with Crippen molar-refractivity contribution in [1.29, 1.82) is 0 Å². The van der Waals surface area contributed by atoms with E-state index in [9.17, 15) is 39.4 Å². The fourth-order valence-electron chi connectivity index (χ4n) is 8.03. The van der Waals surface area contributed by atoms with Crippen molar-refractivity contribution in [1.82, 2.24) is 0 Å². The molecule has 0 spiro atoms. The van der Waals surface area contributed by atoms with Crippen molar-refractivity contribution in [2.75, 3.05) is 28.4 Å². The number of benzene rings is 6. The first-order valence-electron chi connectivity index (χ1n) is 20.4. The van der Waals surface area contributed by atoms with Crippen LogP contribution in [0.2, 0.25) is 0 Å². The van der Waals surface area contributed by atoms with Gasteiger partial charge >= 0.3 is 23.9 Å². The lowest BCUT2D eigenvalue weighted by Crippen LogP contribution is -2.44. The summed E-state index contributed by atoms with van der Waals surface area (Å²) in [6.07, 6.45) is 0. The molecule has 6 aromatic carbocycles. The van der Waals surface area contributed by atoms with Crippen molar-refractivity contribution < 1.29 is 48.0 Å². The molecule has 0 atom stereocenters. The minimum Gasteiger partial charge on any atom is -0.465 e. The Kier molecular flexibility index (Phi) is 12.2. The van der Waals surface area contributed by atoms with Gasteiger partial charge in [0.25, 0.3) is 11.4 Å². The normalized spacial score (nSPS) is 14.4. The lowest BCUT2D eigenvalue weighted by Gasteiger charge is -2.37. The number of aliphatic imine (C=N–C) groups is 4. The van der Waals surface area contributed by atoms with Gasteiger partial charge in [0.1, 0.15) is 0 Å². The van der Waals surface area contributed by atoms with Crippen molar-refractivity contribution >= 4 is 58.1 Å². The molecule has 18 nitrogen and oxygen atoms in total. The van der Waals surface area contributed by atoms with Crippen LogP contribution < -0.4 is 0 Å². The summed E-state index contributed by atoms with van der Waals surface area (Å²) in [6, 6.07) is 35.7. The molecule has 2 aliphatic rings. The van der Waals surface area contributed by atoms with Crippen LogP contribution in [-0.4, -0.2) is 85.0 Å². The van der Waals surface area contributed by atoms with Gasteiger partial charge in [-0.15, -0.1) is 0 Å². The summed E-state index contributed by atoms with van der Waals surface area (Å²) in [5.74, 6) is -2.52. The first-order chi connectivity index (χ1) is 32.8. The molecular weight excluding hydrogens is 877 g/mol. The maximum absolute atomic E-state index is 13.3. The molecule has 18 heteroatoms. The third-order valence-electron chi connectivity index (χ3n) is 11.3. The van der Waals surface area contributed by atoms with E-state index in [4.69, 9.17) is 38.9 Å². The number of nitro benzene ring substituents is 2. The number of ether oxygens (including phenoxy) is 4. The Morgan fingerprint density at radius 2 is 0.603 bits per heavy atom. The predicted molar refractivity (Wildman–Crippen MR) is 247 cm³/mol. The molecule has 0 amide bonds. The zero-order valence-electron chi connectivity index (χ0n) is 36.4. The smallest absolute Gasteiger partial charge is 0.337 e. The topological polar surface area (TPSA) is 241 Å². The van der Waals surface area contributed by atoms with Gasteiger partial charge in [-0.25, -0.2) is 39.1 Å². The van der Waals surface area contributed by atoms with Crippen LogP contribution in [0, 0.1) is 20.2 Å². The average Bonchev–Trinajstić information content (AvgIpc) is 4.00. The summed E-state index contributed by atoms with van der Waals surface area (Å²) < 4.78 is 19.7. The van der Waals surface area contributed by atoms with Crippen LogP contribution in [0.4, 0.5) is 11.4 Å². The van der Waals surface area contributed by atoms with Gasteiger partial charge in [0, 0.05) is 34.4 Å². The number of para-hydroxylation sites is 2. The van der Waals surface area contributed by atoms with Crippen molar-refractivity contribution in [2.45, 2.75) is 11.3 Å². The monoisotopic (exact) mass is 912 g/mol. The first-order valence-corrected chi connectivity index (χ1v) is 20.4. The number of nitrogens with zero attached hydrogens (tertiary/aromatic N) is 6. The van der Waals surface area contributed by atoms with E-state index in [0.29, 0.717) is 22.3 Å². The largest absolute Gasteiger partial charge is 0.465 e. The maximum atomic E-state index is 13.3. The van der Waals surface area contributed by atoms with E-state index in [1.807, 2.05) is 0 Å². The molecule has 0 aliphatic carbocycles. The summed E-state index contributed by atoms with van der Waals surface area (Å²) in [4.78, 5) is 97.2. The number of carbonyl (C=O) groups is 4. The van der Waals surface area contributed by atoms with Gasteiger partial charge in [0.05, 0.1) is 94.5 Å². The van der Waals surface area contributed by atoms with Crippen LogP contribution in [0.5, 0.6) is 0 Å². The van der Waals surface area contributed by atoms with Crippen molar-refractivity contribution in [3.05, 3.63) is 221 Å². The number of hydrogen-bond acceptors (Lipinski definition) is 16. The van der Waals surface area contributed by atoms with Gasteiger partial charge in [0.2, 0.25) is 11.3 Å². The second-order valence-electron chi connectivity index (χ2n) is 15.0. The number of esters is 4. The van der Waals surface area contributed by atoms with Crippen LogP contribution in [0.1, 0.15) is 74.8 Å². The second-order valence-corrected chi connectivity index (χ2v) is 15.0. The van der Waals surface area contributed by atoms with Gasteiger partial charge in [-0.1, -0.05) is 72.8 Å². The van der Waals surface area contributed by atoms with E-state index in [-0.39, 0.29) is 56.2 Å². The highest BCUT2D eigenvalue weighted by Crippen LogP contribution is 2.57. The molecule has 0 unspecified atom stereocenters. The summed E-state index contributed by atoms with van der Waals surface area (Å²) in [6.45, 7) is 0. The molecule has 0 aromatic heterocycles. The van der Waals surface area contributed by atoms with Crippen molar-refractivity contribution in [3.63, 3.8) is 0 Å². The molecule has 2 aliphatic heterocycles. The van der Waals surface area contributed by atoms with E-state index in [1.54, 1.807) is 48.5 Å². The number of hydrogen-bond donors (Lipinski definition) is 0. The lowest BCUT2D eigenvalue weighted by atomic mass is 9.80. The molecule has 0 bridgehead atoms. The Balaban J connectivity index is 1.56. The highest BCUT2D eigenvalue weighted by atomic mass is 16.6. The lowest BCUT2D eigenvalue weighted by molar-refractivity contribution is -0.387.